The molecule has 0 saturated carbocycles. The molecule has 0 spiro atoms. The van der Waals surface area contributed by atoms with Crippen molar-refractivity contribution >= 4 is 27.1 Å². The van der Waals surface area contributed by atoms with E-state index in [1.54, 1.807) is 36.4 Å². The second kappa shape index (κ2) is 8.22. The predicted octanol–water partition coefficient (Wildman–Crippen LogP) is 4.56. The van der Waals surface area contributed by atoms with Crippen LogP contribution in [0.5, 0.6) is 11.5 Å². The first-order valence-corrected chi connectivity index (χ1v) is 10.1. The van der Waals surface area contributed by atoms with E-state index in [2.05, 4.69) is 10.0 Å². The molecule has 28 heavy (non-hydrogen) atoms. The largest absolute Gasteiger partial charge is 0.497 e. The fraction of sp³-hybridized carbons (Fsp3) is 0.143. The number of benzene rings is 3. The summed E-state index contributed by atoms with van der Waals surface area (Å²) >= 11 is 0. The first kappa shape index (κ1) is 19.6. The van der Waals surface area contributed by atoms with Crippen LogP contribution in [0.25, 0.3) is 0 Å². The third-order valence-electron chi connectivity index (χ3n) is 4.14. The van der Waals surface area contributed by atoms with E-state index < -0.39 is 10.0 Å². The SMILES string of the molecule is COc1ccc(OC)c(S(=O)(=O)Nc2ccc(Nc3ccc(C)cc3)cc2)c1. The molecule has 0 bridgehead atoms. The highest BCUT2D eigenvalue weighted by molar-refractivity contribution is 7.92. The molecule has 0 aromatic heterocycles. The molecule has 0 radical (unpaired) electrons. The summed E-state index contributed by atoms with van der Waals surface area (Å²) in [7, 11) is -0.940. The monoisotopic (exact) mass is 398 g/mol. The van der Waals surface area contributed by atoms with Gasteiger partial charge in [0.1, 0.15) is 16.4 Å². The molecule has 6 nitrogen and oxygen atoms in total. The van der Waals surface area contributed by atoms with Crippen LogP contribution in [0, 0.1) is 6.92 Å². The molecule has 0 saturated heterocycles. The lowest BCUT2D eigenvalue weighted by Crippen LogP contribution is -2.14. The van der Waals surface area contributed by atoms with Gasteiger partial charge in [0.05, 0.1) is 14.2 Å². The minimum atomic E-state index is -3.84. The van der Waals surface area contributed by atoms with Crippen LogP contribution in [0.3, 0.4) is 0 Å². The average Bonchev–Trinajstić information content (AvgIpc) is 2.70. The lowest BCUT2D eigenvalue weighted by Gasteiger charge is -2.13. The van der Waals surface area contributed by atoms with Crippen LogP contribution in [0.4, 0.5) is 17.1 Å². The minimum Gasteiger partial charge on any atom is -0.497 e. The molecular formula is C21H22N2O4S. The maximum atomic E-state index is 12.8. The predicted molar refractivity (Wildman–Crippen MR) is 111 cm³/mol. The number of nitrogens with one attached hydrogen (secondary N) is 2. The first-order valence-electron chi connectivity index (χ1n) is 8.60. The van der Waals surface area contributed by atoms with Crippen molar-refractivity contribution in [2.75, 3.05) is 24.3 Å². The summed E-state index contributed by atoms with van der Waals surface area (Å²) in [6.45, 7) is 2.03. The highest BCUT2D eigenvalue weighted by Gasteiger charge is 2.20. The van der Waals surface area contributed by atoms with Crippen LogP contribution >= 0.6 is 0 Å². The molecule has 2 N–H and O–H groups in total. The summed E-state index contributed by atoms with van der Waals surface area (Å²) in [5, 5.41) is 3.27. The minimum absolute atomic E-state index is 0.0104. The molecule has 0 aliphatic carbocycles. The second-order valence-corrected chi connectivity index (χ2v) is 7.84. The first-order chi connectivity index (χ1) is 13.4. The number of anilines is 3. The van der Waals surface area contributed by atoms with Crippen LogP contribution in [0.2, 0.25) is 0 Å². The molecular weight excluding hydrogens is 376 g/mol. The summed E-state index contributed by atoms with van der Waals surface area (Å²) in [6, 6.07) is 19.6. The fourth-order valence-corrected chi connectivity index (χ4v) is 3.87. The molecule has 146 valence electrons. The Morgan fingerprint density at radius 2 is 1.32 bits per heavy atom. The zero-order valence-electron chi connectivity index (χ0n) is 15.9. The number of sulfonamides is 1. The molecule has 3 rings (SSSR count). The Balaban J connectivity index is 1.78. The van der Waals surface area contributed by atoms with E-state index in [0.717, 1.165) is 11.4 Å². The van der Waals surface area contributed by atoms with Gasteiger partial charge in [-0.15, -0.1) is 0 Å². The second-order valence-electron chi connectivity index (χ2n) is 6.19. The molecule has 0 fully saturated rings. The summed E-state index contributed by atoms with van der Waals surface area (Å²) < 4.78 is 38.5. The van der Waals surface area contributed by atoms with Crippen LogP contribution in [-0.2, 0) is 10.0 Å². The van der Waals surface area contributed by atoms with E-state index in [1.165, 1.54) is 25.8 Å². The van der Waals surface area contributed by atoms with E-state index in [0.29, 0.717) is 11.4 Å². The van der Waals surface area contributed by atoms with Gasteiger partial charge in [-0.2, -0.15) is 0 Å². The summed E-state index contributed by atoms with van der Waals surface area (Å²) in [5.74, 6) is 0.671. The van der Waals surface area contributed by atoms with Gasteiger partial charge in [-0.25, -0.2) is 8.42 Å². The van der Waals surface area contributed by atoms with Crippen molar-refractivity contribution in [1.82, 2.24) is 0 Å². The van der Waals surface area contributed by atoms with E-state index in [-0.39, 0.29) is 10.6 Å². The highest BCUT2D eigenvalue weighted by Crippen LogP contribution is 2.30. The van der Waals surface area contributed by atoms with Gasteiger partial charge in [0.25, 0.3) is 10.0 Å². The lowest BCUT2D eigenvalue weighted by molar-refractivity contribution is 0.392. The molecule has 0 atom stereocenters. The molecule has 0 heterocycles. The van der Waals surface area contributed by atoms with Gasteiger partial charge in [0.15, 0.2) is 0 Å². The molecule has 3 aromatic rings. The van der Waals surface area contributed by atoms with Crippen molar-refractivity contribution in [3.05, 3.63) is 72.3 Å². The number of rotatable bonds is 7. The zero-order valence-corrected chi connectivity index (χ0v) is 16.7. The molecule has 7 heteroatoms. The Bertz CT molecular complexity index is 1050. The standard InChI is InChI=1S/C21H22N2O4S/c1-15-4-6-16(7-5-15)22-17-8-10-18(11-9-17)23-28(24,25)21-14-19(26-2)12-13-20(21)27-3/h4-14,22-23H,1-3H3. The summed E-state index contributed by atoms with van der Waals surface area (Å²) in [5.41, 5.74) is 3.44. The van der Waals surface area contributed by atoms with Gasteiger partial charge in [0, 0.05) is 23.1 Å². The van der Waals surface area contributed by atoms with Crippen LogP contribution < -0.4 is 19.5 Å². The lowest BCUT2D eigenvalue weighted by atomic mass is 10.2. The average molecular weight is 398 g/mol. The molecule has 0 unspecified atom stereocenters. The van der Waals surface area contributed by atoms with E-state index in [4.69, 9.17) is 9.47 Å². The maximum absolute atomic E-state index is 12.8. The van der Waals surface area contributed by atoms with Crippen molar-refractivity contribution in [3.63, 3.8) is 0 Å². The maximum Gasteiger partial charge on any atom is 0.265 e. The molecule has 0 aliphatic heterocycles. The highest BCUT2D eigenvalue weighted by atomic mass is 32.2. The van der Waals surface area contributed by atoms with Crippen molar-refractivity contribution in [2.24, 2.45) is 0 Å². The van der Waals surface area contributed by atoms with Gasteiger partial charge >= 0.3 is 0 Å². The number of ether oxygens (including phenoxy) is 2. The number of methoxy groups -OCH3 is 2. The summed E-state index contributed by atoms with van der Waals surface area (Å²) in [4.78, 5) is 0.0104. The smallest absolute Gasteiger partial charge is 0.265 e. The Morgan fingerprint density at radius 3 is 1.89 bits per heavy atom. The third kappa shape index (κ3) is 4.55. The van der Waals surface area contributed by atoms with Crippen molar-refractivity contribution < 1.29 is 17.9 Å². The van der Waals surface area contributed by atoms with Crippen molar-refractivity contribution in [3.8, 4) is 11.5 Å². The molecule has 3 aromatic carbocycles. The number of hydrogen-bond acceptors (Lipinski definition) is 5. The van der Waals surface area contributed by atoms with E-state index >= 15 is 0 Å². The normalized spacial score (nSPS) is 11.0. The zero-order chi connectivity index (χ0) is 20.1. The van der Waals surface area contributed by atoms with Gasteiger partial charge in [-0.3, -0.25) is 4.72 Å². The fourth-order valence-electron chi connectivity index (χ4n) is 2.63. The quantitative estimate of drug-likeness (QED) is 0.610. The summed E-state index contributed by atoms with van der Waals surface area (Å²) in [6.07, 6.45) is 0. The molecule has 0 amide bonds. The van der Waals surface area contributed by atoms with Crippen molar-refractivity contribution in [2.45, 2.75) is 11.8 Å². The Hall–Kier alpha value is -3.19. The van der Waals surface area contributed by atoms with Gasteiger partial charge in [-0.1, -0.05) is 17.7 Å². The van der Waals surface area contributed by atoms with Gasteiger partial charge in [-0.05, 0) is 55.5 Å². The third-order valence-corrected chi connectivity index (χ3v) is 5.54. The van der Waals surface area contributed by atoms with Crippen LogP contribution in [0.1, 0.15) is 5.56 Å². The Labute approximate surface area is 165 Å². The van der Waals surface area contributed by atoms with E-state index in [1.807, 2.05) is 31.2 Å². The molecule has 0 aliphatic rings. The van der Waals surface area contributed by atoms with Gasteiger partial charge < -0.3 is 14.8 Å². The van der Waals surface area contributed by atoms with E-state index in [9.17, 15) is 8.42 Å². The van der Waals surface area contributed by atoms with Crippen LogP contribution in [0.15, 0.2) is 71.6 Å². The number of hydrogen-bond donors (Lipinski definition) is 2. The Morgan fingerprint density at radius 1 is 0.750 bits per heavy atom. The number of aryl methyl sites for hydroxylation is 1. The Kier molecular flexibility index (Phi) is 5.75. The van der Waals surface area contributed by atoms with Crippen molar-refractivity contribution in [1.29, 1.82) is 0 Å². The topological polar surface area (TPSA) is 76.7 Å². The van der Waals surface area contributed by atoms with Crippen LogP contribution in [-0.4, -0.2) is 22.6 Å². The van der Waals surface area contributed by atoms with Gasteiger partial charge in [0.2, 0.25) is 0 Å².